The minimum absolute atomic E-state index is 0. The van der Waals surface area contributed by atoms with Crippen molar-refractivity contribution in [1.29, 1.82) is 0 Å². The van der Waals surface area contributed by atoms with Crippen molar-refractivity contribution in [2.24, 2.45) is 0 Å². The van der Waals surface area contributed by atoms with Gasteiger partial charge in [-0.3, -0.25) is 4.79 Å². The highest BCUT2D eigenvalue weighted by Gasteiger charge is 2.13. The Labute approximate surface area is 136 Å². The molecule has 1 aromatic heterocycles. The Morgan fingerprint density at radius 2 is 2.05 bits per heavy atom. The minimum atomic E-state index is -0.149. The van der Waals surface area contributed by atoms with Gasteiger partial charge in [-0.2, -0.15) is 0 Å². The fourth-order valence-corrected chi connectivity index (χ4v) is 2.00. The third kappa shape index (κ3) is 5.13. The molecule has 22 heavy (non-hydrogen) atoms. The molecule has 1 unspecified atom stereocenters. The fourth-order valence-electron chi connectivity index (χ4n) is 2.00. The Kier molecular flexibility index (Phi) is 7.56. The van der Waals surface area contributed by atoms with Crippen LogP contribution >= 0.6 is 12.4 Å². The van der Waals surface area contributed by atoms with E-state index in [2.05, 4.69) is 20.9 Å². The molecule has 0 radical (unpaired) electrons. The van der Waals surface area contributed by atoms with E-state index in [4.69, 9.17) is 0 Å². The van der Waals surface area contributed by atoms with Crippen LogP contribution in [-0.2, 0) is 4.79 Å². The van der Waals surface area contributed by atoms with Crippen LogP contribution in [-0.4, -0.2) is 34.5 Å². The Hall–Kier alpha value is -1.92. The zero-order chi connectivity index (χ0) is 15.1. The number of nitrogens with zero attached hydrogens (tertiary/aromatic N) is 3. The predicted octanol–water partition coefficient (Wildman–Crippen LogP) is 1.87. The number of aromatic nitrogens is 3. The molecule has 6 nitrogen and oxygen atoms in total. The molecule has 120 valence electrons. The van der Waals surface area contributed by atoms with Gasteiger partial charge in [-0.15, -0.1) is 17.5 Å². The number of benzene rings is 1. The summed E-state index contributed by atoms with van der Waals surface area (Å²) >= 11 is 0. The molecule has 1 amide bonds. The molecule has 1 aromatic carbocycles. The number of hydrogen-bond acceptors (Lipinski definition) is 4. The molecule has 0 bridgehead atoms. The van der Waals surface area contributed by atoms with Gasteiger partial charge in [0.2, 0.25) is 5.91 Å². The van der Waals surface area contributed by atoms with Crippen molar-refractivity contribution in [3.05, 3.63) is 42.2 Å². The number of halogens is 1. The topological polar surface area (TPSA) is 71.8 Å². The van der Waals surface area contributed by atoms with Gasteiger partial charge in [0, 0.05) is 6.42 Å². The number of carbonyl (C=O) groups is 1. The van der Waals surface area contributed by atoms with E-state index in [0.717, 1.165) is 24.3 Å². The van der Waals surface area contributed by atoms with Crippen molar-refractivity contribution in [2.75, 3.05) is 13.6 Å². The SMILES string of the molecule is CNCCCC(=O)NC(C)c1cn(-c2ccccc2)nn1.Cl. The molecule has 0 fully saturated rings. The third-order valence-corrected chi connectivity index (χ3v) is 3.18. The maximum atomic E-state index is 11.8. The first kappa shape index (κ1) is 18.1. The summed E-state index contributed by atoms with van der Waals surface area (Å²) in [7, 11) is 1.88. The van der Waals surface area contributed by atoms with E-state index in [9.17, 15) is 4.79 Å². The van der Waals surface area contributed by atoms with Crippen LogP contribution in [0.5, 0.6) is 0 Å². The van der Waals surface area contributed by atoms with Gasteiger partial charge in [0.1, 0.15) is 5.69 Å². The summed E-state index contributed by atoms with van der Waals surface area (Å²) in [6, 6.07) is 9.62. The number of carbonyl (C=O) groups excluding carboxylic acids is 1. The van der Waals surface area contributed by atoms with E-state index in [1.54, 1.807) is 4.68 Å². The zero-order valence-electron chi connectivity index (χ0n) is 12.8. The summed E-state index contributed by atoms with van der Waals surface area (Å²) in [4.78, 5) is 11.8. The smallest absolute Gasteiger partial charge is 0.220 e. The first-order valence-corrected chi connectivity index (χ1v) is 7.12. The molecule has 0 aliphatic carbocycles. The van der Waals surface area contributed by atoms with Crippen molar-refractivity contribution < 1.29 is 4.79 Å². The second-order valence-corrected chi connectivity index (χ2v) is 4.92. The van der Waals surface area contributed by atoms with Crippen molar-refractivity contribution in [2.45, 2.75) is 25.8 Å². The lowest BCUT2D eigenvalue weighted by atomic mass is 10.2. The van der Waals surface area contributed by atoms with Crippen molar-refractivity contribution >= 4 is 18.3 Å². The molecule has 0 saturated heterocycles. The number of rotatable bonds is 7. The quantitative estimate of drug-likeness (QED) is 0.763. The highest BCUT2D eigenvalue weighted by molar-refractivity contribution is 5.85. The first-order valence-electron chi connectivity index (χ1n) is 7.12. The van der Waals surface area contributed by atoms with Crippen LogP contribution < -0.4 is 10.6 Å². The molecule has 1 heterocycles. The molecule has 7 heteroatoms. The van der Waals surface area contributed by atoms with Crippen molar-refractivity contribution in [1.82, 2.24) is 25.6 Å². The first-order chi connectivity index (χ1) is 10.2. The standard InChI is InChI=1S/C15H21N5O.ClH/c1-12(17-15(21)9-6-10-16-2)14-11-20(19-18-14)13-7-4-3-5-8-13;/h3-5,7-8,11-12,16H,6,9-10H2,1-2H3,(H,17,21);1H. The highest BCUT2D eigenvalue weighted by Crippen LogP contribution is 2.11. The Balaban J connectivity index is 0.00000242. The van der Waals surface area contributed by atoms with E-state index in [1.807, 2.05) is 50.5 Å². The molecule has 2 rings (SSSR count). The second-order valence-electron chi connectivity index (χ2n) is 4.92. The van der Waals surface area contributed by atoms with E-state index in [0.29, 0.717) is 6.42 Å². The van der Waals surface area contributed by atoms with Gasteiger partial charge in [-0.25, -0.2) is 4.68 Å². The predicted molar refractivity (Wildman–Crippen MR) is 88.3 cm³/mol. The van der Waals surface area contributed by atoms with Gasteiger partial charge >= 0.3 is 0 Å². The normalized spacial score (nSPS) is 11.5. The average Bonchev–Trinajstić information content (AvgIpc) is 2.98. The minimum Gasteiger partial charge on any atom is -0.348 e. The summed E-state index contributed by atoms with van der Waals surface area (Å²) in [5.74, 6) is 0.0343. The third-order valence-electron chi connectivity index (χ3n) is 3.18. The molecule has 0 aliphatic heterocycles. The lowest BCUT2D eigenvalue weighted by Crippen LogP contribution is -2.27. The molecule has 1 atom stereocenters. The zero-order valence-corrected chi connectivity index (χ0v) is 13.6. The molecule has 0 saturated carbocycles. The number of amides is 1. The van der Waals surface area contributed by atoms with Gasteiger partial charge in [0.15, 0.2) is 0 Å². The molecular weight excluding hydrogens is 302 g/mol. The van der Waals surface area contributed by atoms with Gasteiger partial charge in [-0.1, -0.05) is 23.4 Å². The van der Waals surface area contributed by atoms with Crippen molar-refractivity contribution in [3.63, 3.8) is 0 Å². The van der Waals surface area contributed by atoms with Crippen LogP contribution in [0.1, 0.15) is 31.5 Å². The number of para-hydroxylation sites is 1. The monoisotopic (exact) mass is 323 g/mol. The summed E-state index contributed by atoms with van der Waals surface area (Å²) < 4.78 is 1.71. The fraction of sp³-hybridized carbons (Fsp3) is 0.400. The lowest BCUT2D eigenvalue weighted by molar-refractivity contribution is -0.121. The van der Waals surface area contributed by atoms with E-state index >= 15 is 0 Å². The highest BCUT2D eigenvalue weighted by atomic mass is 35.5. The summed E-state index contributed by atoms with van der Waals surface area (Å²) in [6.07, 6.45) is 3.18. The Morgan fingerprint density at radius 1 is 1.32 bits per heavy atom. The Bertz CT molecular complexity index is 572. The van der Waals surface area contributed by atoms with E-state index < -0.39 is 0 Å². The van der Waals surface area contributed by atoms with Crippen LogP contribution in [0.15, 0.2) is 36.5 Å². The van der Waals surface area contributed by atoms with Crippen LogP contribution in [0.25, 0.3) is 5.69 Å². The van der Waals surface area contributed by atoms with Gasteiger partial charge in [0.25, 0.3) is 0 Å². The van der Waals surface area contributed by atoms with E-state index in [-0.39, 0.29) is 24.4 Å². The molecule has 2 aromatic rings. The van der Waals surface area contributed by atoms with Gasteiger partial charge in [-0.05, 0) is 39.1 Å². The molecule has 0 spiro atoms. The van der Waals surface area contributed by atoms with E-state index in [1.165, 1.54) is 0 Å². The maximum absolute atomic E-state index is 11.8. The molecule has 0 aliphatic rings. The number of hydrogen-bond donors (Lipinski definition) is 2. The van der Waals surface area contributed by atoms with Gasteiger partial charge < -0.3 is 10.6 Å². The number of nitrogens with one attached hydrogen (secondary N) is 2. The largest absolute Gasteiger partial charge is 0.348 e. The maximum Gasteiger partial charge on any atom is 0.220 e. The molecular formula is C15H22ClN5O. The molecule has 2 N–H and O–H groups in total. The van der Waals surface area contributed by atoms with Crippen LogP contribution in [0.2, 0.25) is 0 Å². The van der Waals surface area contributed by atoms with Gasteiger partial charge in [0.05, 0.1) is 17.9 Å². The second kappa shape index (κ2) is 9.17. The van der Waals surface area contributed by atoms with Crippen LogP contribution in [0, 0.1) is 0 Å². The summed E-state index contributed by atoms with van der Waals surface area (Å²) in [5, 5.41) is 14.2. The summed E-state index contributed by atoms with van der Waals surface area (Å²) in [6.45, 7) is 2.75. The summed E-state index contributed by atoms with van der Waals surface area (Å²) in [5.41, 5.74) is 1.70. The van der Waals surface area contributed by atoms with Crippen LogP contribution in [0.4, 0.5) is 0 Å². The Morgan fingerprint density at radius 3 is 2.73 bits per heavy atom. The van der Waals surface area contributed by atoms with Crippen LogP contribution in [0.3, 0.4) is 0 Å². The van der Waals surface area contributed by atoms with Crippen molar-refractivity contribution in [3.8, 4) is 5.69 Å². The average molecular weight is 324 g/mol. The lowest BCUT2D eigenvalue weighted by Gasteiger charge is -2.10.